The van der Waals surface area contributed by atoms with Crippen LogP contribution >= 0.6 is 0 Å². The number of nitro benzene ring substituents is 1. The lowest BCUT2D eigenvalue weighted by molar-refractivity contribution is -0.384. The molecule has 1 N–H and O–H groups in total. The standard InChI is InChI=1S/C25H14N2O6/c28-23-18-11-5-10-17-21(14-6-4-7-15(12-14)25(30)31)20(27(32)33)13-19(22(17)18)24(29)26(23)16-8-2-1-3-9-16/h1-13H,(H,30,31). The van der Waals surface area contributed by atoms with Crippen molar-refractivity contribution in [1.82, 2.24) is 0 Å². The lowest BCUT2D eigenvalue weighted by atomic mass is 9.87. The molecule has 8 nitrogen and oxygen atoms in total. The Morgan fingerprint density at radius 2 is 1.55 bits per heavy atom. The molecule has 0 spiro atoms. The molecule has 1 aliphatic rings. The van der Waals surface area contributed by atoms with Gasteiger partial charge in [-0.3, -0.25) is 19.7 Å². The Hall–Kier alpha value is -4.85. The molecule has 0 saturated heterocycles. The summed E-state index contributed by atoms with van der Waals surface area (Å²) >= 11 is 0. The second kappa shape index (κ2) is 7.38. The molecule has 1 aliphatic heterocycles. The van der Waals surface area contributed by atoms with Crippen molar-refractivity contribution in [2.45, 2.75) is 0 Å². The second-order valence-electron chi connectivity index (χ2n) is 7.47. The third-order valence-electron chi connectivity index (χ3n) is 5.62. The molecular formula is C25H14N2O6. The lowest BCUT2D eigenvalue weighted by Crippen LogP contribution is -2.40. The number of carboxylic acids is 1. The van der Waals surface area contributed by atoms with Crippen molar-refractivity contribution in [3.63, 3.8) is 0 Å². The monoisotopic (exact) mass is 438 g/mol. The predicted molar refractivity (Wildman–Crippen MR) is 121 cm³/mol. The van der Waals surface area contributed by atoms with Crippen LogP contribution in [0.3, 0.4) is 0 Å². The van der Waals surface area contributed by atoms with Gasteiger partial charge in [-0.25, -0.2) is 9.69 Å². The molecule has 4 aromatic carbocycles. The number of amides is 2. The first-order valence-corrected chi connectivity index (χ1v) is 9.90. The van der Waals surface area contributed by atoms with Crippen molar-refractivity contribution in [1.29, 1.82) is 0 Å². The zero-order chi connectivity index (χ0) is 23.3. The molecule has 1 heterocycles. The summed E-state index contributed by atoms with van der Waals surface area (Å²) in [6, 6.07) is 20.0. The summed E-state index contributed by atoms with van der Waals surface area (Å²) in [6.07, 6.45) is 0. The summed E-state index contributed by atoms with van der Waals surface area (Å²) in [5.74, 6) is -2.38. The Labute approximate surface area is 186 Å². The first-order chi connectivity index (χ1) is 15.9. The van der Waals surface area contributed by atoms with Crippen LogP contribution in [0.5, 0.6) is 0 Å². The fourth-order valence-corrected chi connectivity index (χ4v) is 4.22. The summed E-state index contributed by atoms with van der Waals surface area (Å²) in [6.45, 7) is 0. The molecule has 0 radical (unpaired) electrons. The number of nitrogens with zero attached hydrogens (tertiary/aromatic N) is 2. The number of hydrogen-bond acceptors (Lipinski definition) is 5. The third-order valence-corrected chi connectivity index (χ3v) is 5.62. The zero-order valence-electron chi connectivity index (χ0n) is 16.9. The number of benzene rings is 4. The van der Waals surface area contributed by atoms with E-state index in [1.54, 1.807) is 54.6 Å². The van der Waals surface area contributed by atoms with Gasteiger partial charge < -0.3 is 5.11 Å². The molecule has 0 fully saturated rings. The predicted octanol–water partition coefficient (Wildman–Crippen LogP) is 4.91. The fourth-order valence-electron chi connectivity index (χ4n) is 4.22. The molecule has 160 valence electrons. The molecule has 8 heteroatoms. The van der Waals surface area contributed by atoms with Gasteiger partial charge in [-0.2, -0.15) is 0 Å². The van der Waals surface area contributed by atoms with Crippen LogP contribution in [0.2, 0.25) is 0 Å². The number of carbonyl (C=O) groups excluding carboxylic acids is 2. The smallest absolute Gasteiger partial charge is 0.335 e. The van der Waals surface area contributed by atoms with Crippen LogP contribution in [-0.4, -0.2) is 27.8 Å². The Morgan fingerprint density at radius 3 is 2.24 bits per heavy atom. The van der Waals surface area contributed by atoms with Gasteiger partial charge in [0, 0.05) is 17.0 Å². The molecule has 0 saturated carbocycles. The summed E-state index contributed by atoms with van der Waals surface area (Å²) in [5.41, 5.74) is 0.687. The molecular weight excluding hydrogens is 424 g/mol. The number of hydrogen-bond donors (Lipinski definition) is 1. The Bertz CT molecular complexity index is 1510. The van der Waals surface area contributed by atoms with Gasteiger partial charge >= 0.3 is 5.97 Å². The van der Waals surface area contributed by atoms with Gasteiger partial charge in [0.2, 0.25) is 0 Å². The molecule has 0 bridgehead atoms. The van der Waals surface area contributed by atoms with Gasteiger partial charge in [-0.1, -0.05) is 42.5 Å². The number of rotatable bonds is 4. The normalized spacial score (nSPS) is 12.8. The number of carbonyl (C=O) groups is 3. The SMILES string of the molecule is O=C(O)c1cccc(-c2c([N+](=O)[O-])cc3c4c(cccc24)C(=O)N(c2ccccc2)C3=O)c1. The van der Waals surface area contributed by atoms with Gasteiger partial charge in [0.05, 0.1) is 27.3 Å². The lowest BCUT2D eigenvalue weighted by Gasteiger charge is -2.27. The summed E-state index contributed by atoms with van der Waals surface area (Å²) in [7, 11) is 0. The third kappa shape index (κ3) is 3.04. The van der Waals surface area contributed by atoms with E-state index in [1.807, 2.05) is 0 Å². The molecule has 0 aromatic heterocycles. The molecule has 33 heavy (non-hydrogen) atoms. The quantitative estimate of drug-likeness (QED) is 0.275. The van der Waals surface area contributed by atoms with E-state index in [1.165, 1.54) is 24.3 Å². The first-order valence-electron chi connectivity index (χ1n) is 9.90. The van der Waals surface area contributed by atoms with Gasteiger partial charge in [0.15, 0.2) is 0 Å². The maximum absolute atomic E-state index is 13.4. The van der Waals surface area contributed by atoms with Crippen molar-refractivity contribution in [2.75, 3.05) is 4.90 Å². The highest BCUT2D eigenvalue weighted by atomic mass is 16.6. The number of imide groups is 1. The molecule has 5 rings (SSSR count). The van der Waals surface area contributed by atoms with Crippen LogP contribution in [0.1, 0.15) is 31.1 Å². The summed E-state index contributed by atoms with van der Waals surface area (Å²) in [5, 5.41) is 22.0. The van der Waals surface area contributed by atoms with E-state index < -0.39 is 22.7 Å². The van der Waals surface area contributed by atoms with E-state index in [2.05, 4.69) is 0 Å². The van der Waals surface area contributed by atoms with Crippen LogP contribution in [0.4, 0.5) is 11.4 Å². The summed E-state index contributed by atoms with van der Waals surface area (Å²) in [4.78, 5) is 50.6. The van der Waals surface area contributed by atoms with E-state index >= 15 is 0 Å². The van der Waals surface area contributed by atoms with E-state index in [-0.39, 0.29) is 27.9 Å². The van der Waals surface area contributed by atoms with E-state index in [9.17, 15) is 29.6 Å². The average molecular weight is 438 g/mol. The van der Waals surface area contributed by atoms with Crippen molar-refractivity contribution in [2.24, 2.45) is 0 Å². The number of anilines is 1. The van der Waals surface area contributed by atoms with Gasteiger partial charge in [-0.05, 0) is 41.3 Å². The number of carboxylic acid groups (broad SMARTS) is 1. The Kier molecular flexibility index (Phi) is 4.49. The van der Waals surface area contributed by atoms with Crippen LogP contribution in [0.15, 0.2) is 78.9 Å². The van der Waals surface area contributed by atoms with Crippen LogP contribution in [0, 0.1) is 10.1 Å². The minimum atomic E-state index is -1.17. The summed E-state index contributed by atoms with van der Waals surface area (Å²) < 4.78 is 0. The van der Waals surface area contributed by atoms with Crippen molar-refractivity contribution < 1.29 is 24.4 Å². The maximum Gasteiger partial charge on any atom is 0.335 e. The topological polar surface area (TPSA) is 118 Å². The largest absolute Gasteiger partial charge is 0.478 e. The van der Waals surface area contributed by atoms with E-state index in [0.29, 0.717) is 22.0 Å². The highest BCUT2D eigenvalue weighted by Crippen LogP contribution is 2.43. The van der Waals surface area contributed by atoms with Gasteiger partial charge in [-0.15, -0.1) is 0 Å². The molecule has 0 unspecified atom stereocenters. The number of para-hydroxylation sites is 1. The van der Waals surface area contributed by atoms with Crippen molar-refractivity contribution in [3.05, 3.63) is 106 Å². The van der Waals surface area contributed by atoms with Crippen molar-refractivity contribution in [3.8, 4) is 11.1 Å². The highest BCUT2D eigenvalue weighted by Gasteiger charge is 2.37. The second-order valence-corrected chi connectivity index (χ2v) is 7.47. The molecule has 4 aromatic rings. The van der Waals surface area contributed by atoms with Crippen molar-refractivity contribution >= 4 is 39.9 Å². The number of nitro groups is 1. The fraction of sp³-hybridized carbons (Fsp3) is 0. The molecule has 0 aliphatic carbocycles. The average Bonchev–Trinajstić information content (AvgIpc) is 2.82. The first kappa shape index (κ1) is 20.1. The van der Waals surface area contributed by atoms with Crippen LogP contribution in [0.25, 0.3) is 21.9 Å². The minimum Gasteiger partial charge on any atom is -0.478 e. The van der Waals surface area contributed by atoms with Crippen LogP contribution < -0.4 is 4.90 Å². The minimum absolute atomic E-state index is 0.0360. The highest BCUT2D eigenvalue weighted by molar-refractivity contribution is 6.37. The van der Waals surface area contributed by atoms with E-state index in [0.717, 1.165) is 4.90 Å². The molecule has 2 amide bonds. The zero-order valence-corrected chi connectivity index (χ0v) is 16.9. The number of aromatic carboxylic acids is 1. The Morgan fingerprint density at radius 1 is 0.848 bits per heavy atom. The maximum atomic E-state index is 13.4. The Balaban J connectivity index is 1.85. The van der Waals surface area contributed by atoms with E-state index in [4.69, 9.17) is 0 Å². The van der Waals surface area contributed by atoms with Crippen LogP contribution in [-0.2, 0) is 0 Å². The van der Waals surface area contributed by atoms with Gasteiger partial charge in [0.1, 0.15) is 0 Å². The van der Waals surface area contributed by atoms with Gasteiger partial charge in [0.25, 0.3) is 17.5 Å². The molecule has 0 atom stereocenters.